The number of rotatable bonds is 1. The predicted molar refractivity (Wildman–Crippen MR) is 101 cm³/mol. The average Bonchev–Trinajstić information content (AvgIpc) is 2.91. The Kier molecular flexibility index (Phi) is 4.16. The van der Waals surface area contributed by atoms with Crippen LogP contribution in [0.2, 0.25) is 0 Å². The van der Waals surface area contributed by atoms with Gasteiger partial charge in [0.25, 0.3) is 0 Å². The van der Waals surface area contributed by atoms with Gasteiger partial charge in [-0.25, -0.2) is 0 Å². The van der Waals surface area contributed by atoms with E-state index in [1.54, 1.807) is 18.1 Å². The minimum atomic E-state index is -0.111. The molecule has 4 aliphatic rings. The lowest BCUT2D eigenvalue weighted by Crippen LogP contribution is -2.48. The Morgan fingerprint density at radius 3 is 2.72 bits per heavy atom. The van der Waals surface area contributed by atoms with E-state index in [9.17, 15) is 4.79 Å². The molecule has 2 nitrogen and oxygen atoms in total. The van der Waals surface area contributed by atoms with E-state index >= 15 is 0 Å². The van der Waals surface area contributed by atoms with E-state index in [2.05, 4.69) is 32.9 Å². The summed E-state index contributed by atoms with van der Waals surface area (Å²) in [5, 5.41) is 0. The first kappa shape index (κ1) is 17.4. The highest BCUT2D eigenvalue weighted by Gasteiger charge is 2.55. The zero-order chi connectivity index (χ0) is 17.8. The molecule has 0 spiro atoms. The van der Waals surface area contributed by atoms with Crippen LogP contribution < -0.4 is 0 Å². The molecule has 25 heavy (non-hydrogen) atoms. The summed E-state index contributed by atoms with van der Waals surface area (Å²) < 4.78 is 5.57. The number of hydrogen-bond donors (Lipinski definition) is 0. The average molecular weight is 343 g/mol. The highest BCUT2D eigenvalue weighted by Crippen LogP contribution is 2.65. The van der Waals surface area contributed by atoms with Crippen molar-refractivity contribution in [3.63, 3.8) is 0 Å². The van der Waals surface area contributed by atoms with E-state index in [-0.39, 0.29) is 12.1 Å². The Hall–Kier alpha value is -1.05. The van der Waals surface area contributed by atoms with Crippen LogP contribution in [0.1, 0.15) is 79.1 Å². The topological polar surface area (TPSA) is 26.3 Å². The summed E-state index contributed by atoms with van der Waals surface area (Å²) in [5.41, 5.74) is 4.25. The molecule has 2 heteroatoms. The third kappa shape index (κ3) is 2.54. The van der Waals surface area contributed by atoms with Gasteiger partial charge in [-0.1, -0.05) is 37.1 Å². The van der Waals surface area contributed by atoms with Crippen molar-refractivity contribution in [3.05, 3.63) is 23.3 Å². The number of carbonyl (C=O) groups is 1. The van der Waals surface area contributed by atoms with Crippen molar-refractivity contribution < 1.29 is 9.53 Å². The van der Waals surface area contributed by atoms with E-state index < -0.39 is 0 Å². The highest BCUT2D eigenvalue weighted by molar-refractivity contribution is 5.66. The van der Waals surface area contributed by atoms with Gasteiger partial charge in [0.2, 0.25) is 0 Å². The van der Waals surface area contributed by atoms with E-state index in [0.29, 0.717) is 16.7 Å². The minimum absolute atomic E-state index is 0.111. The Labute approximate surface area is 153 Å². The first-order chi connectivity index (χ1) is 11.9. The van der Waals surface area contributed by atoms with Crippen LogP contribution in [-0.4, -0.2) is 12.1 Å². The maximum Gasteiger partial charge on any atom is 0.302 e. The van der Waals surface area contributed by atoms with Crippen LogP contribution in [0.15, 0.2) is 23.3 Å². The second kappa shape index (κ2) is 5.99. The van der Waals surface area contributed by atoms with Gasteiger partial charge in [0.1, 0.15) is 6.10 Å². The molecular weight excluding hydrogens is 308 g/mol. The lowest BCUT2D eigenvalue weighted by Gasteiger charge is -2.56. The Balaban J connectivity index is 1.60. The molecule has 0 amide bonds. The van der Waals surface area contributed by atoms with Crippen molar-refractivity contribution in [2.24, 2.45) is 28.6 Å². The predicted octanol–water partition coefficient (Wildman–Crippen LogP) is 5.83. The fourth-order valence-electron chi connectivity index (χ4n) is 7.16. The fraction of sp³-hybridized carbons (Fsp3) is 0.783. The van der Waals surface area contributed by atoms with Crippen LogP contribution in [-0.2, 0) is 9.53 Å². The lowest BCUT2D eigenvalue weighted by atomic mass is 9.49. The summed E-state index contributed by atoms with van der Waals surface area (Å²) in [5.74, 6) is 2.23. The van der Waals surface area contributed by atoms with Gasteiger partial charge in [-0.3, -0.25) is 4.79 Å². The molecule has 2 unspecified atom stereocenters. The summed E-state index contributed by atoms with van der Waals surface area (Å²) in [7, 11) is 0. The molecule has 3 fully saturated rings. The monoisotopic (exact) mass is 342 g/mol. The molecule has 4 rings (SSSR count). The first-order valence-electron chi connectivity index (χ1n) is 10.4. The molecule has 0 bridgehead atoms. The lowest BCUT2D eigenvalue weighted by molar-refractivity contribution is -0.151. The largest absolute Gasteiger partial charge is 0.463 e. The molecule has 0 N–H and O–H groups in total. The van der Waals surface area contributed by atoms with Crippen molar-refractivity contribution in [3.8, 4) is 0 Å². The molecule has 0 saturated heterocycles. The van der Waals surface area contributed by atoms with Crippen molar-refractivity contribution in [2.75, 3.05) is 0 Å². The third-order valence-electron chi connectivity index (χ3n) is 8.51. The van der Waals surface area contributed by atoms with Gasteiger partial charge in [0, 0.05) is 6.92 Å². The normalized spacial score (nSPS) is 47.5. The summed E-state index contributed by atoms with van der Waals surface area (Å²) in [6.07, 6.45) is 15.1. The van der Waals surface area contributed by atoms with E-state index in [4.69, 9.17) is 4.74 Å². The Morgan fingerprint density at radius 2 is 2.00 bits per heavy atom. The van der Waals surface area contributed by atoms with Gasteiger partial charge < -0.3 is 4.74 Å². The molecule has 138 valence electrons. The third-order valence-corrected chi connectivity index (χ3v) is 8.51. The van der Waals surface area contributed by atoms with Gasteiger partial charge in [-0.05, 0) is 86.9 Å². The van der Waals surface area contributed by atoms with Crippen molar-refractivity contribution >= 4 is 5.97 Å². The van der Waals surface area contributed by atoms with Gasteiger partial charge in [-0.2, -0.15) is 0 Å². The number of hydrogen-bond acceptors (Lipinski definition) is 2. The first-order valence-corrected chi connectivity index (χ1v) is 10.4. The summed E-state index contributed by atoms with van der Waals surface area (Å²) in [6.45, 7) is 8.83. The second-order valence-electron chi connectivity index (χ2n) is 9.54. The molecule has 6 atom stereocenters. The summed E-state index contributed by atoms with van der Waals surface area (Å²) in [4.78, 5) is 11.4. The SMILES string of the molecule is C/C=C1/CCC2C3CC[C@@H]4C[C@H](OC(C)=O)CC[C@]4(C)C3=CC[C@]12C. The number of esters is 1. The Morgan fingerprint density at radius 1 is 1.20 bits per heavy atom. The van der Waals surface area contributed by atoms with Crippen LogP contribution >= 0.6 is 0 Å². The van der Waals surface area contributed by atoms with Crippen molar-refractivity contribution in [1.82, 2.24) is 0 Å². The molecule has 3 saturated carbocycles. The van der Waals surface area contributed by atoms with Crippen LogP contribution in [0.5, 0.6) is 0 Å². The zero-order valence-corrected chi connectivity index (χ0v) is 16.4. The van der Waals surface area contributed by atoms with Gasteiger partial charge in [0.15, 0.2) is 0 Å². The molecule has 0 heterocycles. The standard InChI is InChI=1S/C23H34O2/c1-5-16-7-9-20-19-8-6-17-14-18(25-15(2)24)10-12-23(17,4)21(19)11-13-22(16,20)3/h5,11,17-20H,6-10,12-14H2,1-4H3/b16-5-/t17-,18-,19?,20?,22-,23+/m1/s1. The van der Waals surface area contributed by atoms with Crippen LogP contribution in [0.4, 0.5) is 0 Å². The molecular formula is C23H34O2. The molecule has 0 aromatic carbocycles. The van der Waals surface area contributed by atoms with E-state index in [1.807, 2.05) is 0 Å². The molecule has 0 aliphatic heterocycles. The van der Waals surface area contributed by atoms with Gasteiger partial charge in [0.05, 0.1) is 0 Å². The smallest absolute Gasteiger partial charge is 0.302 e. The number of ether oxygens (including phenoxy) is 1. The van der Waals surface area contributed by atoms with Crippen LogP contribution in [0.3, 0.4) is 0 Å². The summed E-state index contributed by atoms with van der Waals surface area (Å²) in [6, 6.07) is 0. The zero-order valence-electron chi connectivity index (χ0n) is 16.4. The quantitative estimate of drug-likeness (QED) is 0.443. The van der Waals surface area contributed by atoms with Crippen LogP contribution in [0.25, 0.3) is 0 Å². The molecule has 4 aliphatic carbocycles. The summed E-state index contributed by atoms with van der Waals surface area (Å²) >= 11 is 0. The fourth-order valence-corrected chi connectivity index (χ4v) is 7.16. The van der Waals surface area contributed by atoms with Crippen molar-refractivity contribution in [1.29, 1.82) is 0 Å². The second-order valence-corrected chi connectivity index (χ2v) is 9.54. The molecule has 0 aromatic rings. The van der Waals surface area contributed by atoms with E-state index in [1.165, 1.54) is 38.5 Å². The highest BCUT2D eigenvalue weighted by atomic mass is 16.5. The van der Waals surface area contributed by atoms with Crippen molar-refractivity contribution in [2.45, 2.75) is 85.2 Å². The Bertz CT molecular complexity index is 630. The number of fused-ring (bicyclic) bond motifs is 5. The molecule has 0 radical (unpaired) electrons. The van der Waals surface area contributed by atoms with E-state index in [0.717, 1.165) is 24.7 Å². The maximum atomic E-state index is 11.4. The van der Waals surface area contributed by atoms with Gasteiger partial charge in [-0.15, -0.1) is 0 Å². The molecule has 0 aromatic heterocycles. The maximum absolute atomic E-state index is 11.4. The minimum Gasteiger partial charge on any atom is -0.463 e. The van der Waals surface area contributed by atoms with Gasteiger partial charge >= 0.3 is 5.97 Å². The number of allylic oxidation sites excluding steroid dienone is 4. The number of carbonyl (C=O) groups excluding carboxylic acids is 1. The van der Waals surface area contributed by atoms with Crippen LogP contribution in [0, 0.1) is 28.6 Å².